The van der Waals surface area contributed by atoms with Crippen LogP contribution in [0.1, 0.15) is 0 Å². The number of aliphatic hydroxyl groups excluding tert-OH is 1. The summed E-state index contributed by atoms with van der Waals surface area (Å²) < 4.78 is 0. The molecule has 0 aromatic heterocycles. The molecule has 0 radical (unpaired) electrons. The van der Waals surface area contributed by atoms with Crippen molar-refractivity contribution in [3.05, 3.63) is 29.3 Å². The van der Waals surface area contributed by atoms with Gasteiger partial charge in [0.2, 0.25) is 0 Å². The Balaban J connectivity index is 2.70. The van der Waals surface area contributed by atoms with Gasteiger partial charge >= 0.3 is 0 Å². The van der Waals surface area contributed by atoms with E-state index in [0.717, 1.165) is 0 Å². The fraction of sp³-hybridized carbons (Fsp3) is 0.222. The van der Waals surface area contributed by atoms with Gasteiger partial charge in [-0.2, -0.15) is 0 Å². The summed E-state index contributed by atoms with van der Waals surface area (Å²) >= 11 is 5.79. The number of nitrogens with two attached hydrogens (primary N) is 1. The molecular formula is C9H11ClN2O2. The van der Waals surface area contributed by atoms with Crippen LogP contribution < -0.4 is 11.1 Å². The molecule has 1 aromatic rings. The maximum Gasteiger partial charge on any atom is 0.254 e. The van der Waals surface area contributed by atoms with Crippen LogP contribution >= 0.6 is 11.6 Å². The van der Waals surface area contributed by atoms with Gasteiger partial charge < -0.3 is 16.2 Å². The number of carbonyl (C=O) groups is 1. The van der Waals surface area contributed by atoms with E-state index in [2.05, 4.69) is 5.32 Å². The molecule has 1 amide bonds. The molecule has 1 atom stereocenters. The highest BCUT2D eigenvalue weighted by atomic mass is 35.5. The molecule has 1 rings (SSSR count). The van der Waals surface area contributed by atoms with Gasteiger partial charge in [-0.15, -0.1) is 0 Å². The third-order valence-electron chi connectivity index (χ3n) is 1.66. The molecule has 14 heavy (non-hydrogen) atoms. The predicted molar refractivity (Wildman–Crippen MR) is 55.1 cm³/mol. The molecular weight excluding hydrogens is 204 g/mol. The van der Waals surface area contributed by atoms with Crippen LogP contribution in [0.2, 0.25) is 5.02 Å². The summed E-state index contributed by atoms with van der Waals surface area (Å²) in [5.74, 6) is -0.555. The fourth-order valence-corrected chi connectivity index (χ4v) is 1.07. The summed E-state index contributed by atoms with van der Waals surface area (Å²) in [6.07, 6.45) is -1.20. The van der Waals surface area contributed by atoms with E-state index in [4.69, 9.17) is 22.4 Å². The van der Waals surface area contributed by atoms with Gasteiger partial charge in [-0.1, -0.05) is 23.7 Å². The Morgan fingerprint density at radius 3 is 2.79 bits per heavy atom. The summed E-state index contributed by atoms with van der Waals surface area (Å²) in [4.78, 5) is 11.2. The van der Waals surface area contributed by atoms with Gasteiger partial charge in [0.25, 0.3) is 5.91 Å². The van der Waals surface area contributed by atoms with Crippen LogP contribution in [0.3, 0.4) is 0 Å². The molecule has 5 heteroatoms. The molecule has 0 spiro atoms. The van der Waals surface area contributed by atoms with E-state index >= 15 is 0 Å². The molecule has 0 heterocycles. The van der Waals surface area contributed by atoms with Crippen LogP contribution in [-0.4, -0.2) is 23.7 Å². The summed E-state index contributed by atoms with van der Waals surface area (Å²) in [5.41, 5.74) is 5.59. The number of hydrogen-bond acceptors (Lipinski definition) is 3. The normalized spacial score (nSPS) is 12.2. The van der Waals surface area contributed by atoms with E-state index in [1.54, 1.807) is 24.3 Å². The van der Waals surface area contributed by atoms with Crippen molar-refractivity contribution in [2.45, 2.75) is 6.10 Å². The minimum atomic E-state index is -1.20. The Morgan fingerprint density at radius 1 is 1.57 bits per heavy atom. The molecule has 0 bridgehead atoms. The second kappa shape index (κ2) is 4.95. The Hall–Kier alpha value is -1.10. The number of rotatable bonds is 3. The largest absolute Gasteiger partial charge is 0.382 e. The SMILES string of the molecule is NCC(O)C(=O)Nc1ccccc1Cl. The van der Waals surface area contributed by atoms with Crippen LogP contribution in [-0.2, 0) is 4.79 Å². The number of carbonyl (C=O) groups excluding carboxylic acids is 1. The highest BCUT2D eigenvalue weighted by molar-refractivity contribution is 6.33. The van der Waals surface area contributed by atoms with E-state index in [-0.39, 0.29) is 6.54 Å². The molecule has 1 aromatic carbocycles. The van der Waals surface area contributed by atoms with Gasteiger partial charge in [-0.05, 0) is 12.1 Å². The lowest BCUT2D eigenvalue weighted by Gasteiger charge is -2.09. The summed E-state index contributed by atoms with van der Waals surface area (Å²) in [6, 6.07) is 6.77. The van der Waals surface area contributed by atoms with Crippen LogP contribution in [0.15, 0.2) is 24.3 Å². The molecule has 0 aliphatic heterocycles. The molecule has 0 aliphatic rings. The quantitative estimate of drug-likeness (QED) is 0.690. The minimum Gasteiger partial charge on any atom is -0.382 e. The Bertz CT molecular complexity index is 330. The Morgan fingerprint density at radius 2 is 2.21 bits per heavy atom. The standard InChI is InChI=1S/C9H11ClN2O2/c10-6-3-1-2-4-7(6)12-9(14)8(13)5-11/h1-4,8,13H,5,11H2,(H,12,14). The predicted octanol–water partition coefficient (Wildman–Crippen LogP) is 0.598. The number of para-hydroxylation sites is 1. The Kier molecular flexibility index (Phi) is 3.88. The highest BCUT2D eigenvalue weighted by Gasteiger charge is 2.13. The molecule has 0 fully saturated rings. The van der Waals surface area contributed by atoms with Gasteiger partial charge in [0.1, 0.15) is 6.10 Å². The van der Waals surface area contributed by atoms with Gasteiger partial charge in [0.05, 0.1) is 10.7 Å². The smallest absolute Gasteiger partial charge is 0.254 e. The summed E-state index contributed by atoms with van der Waals surface area (Å²) in [5, 5.41) is 12.0. The number of hydrogen-bond donors (Lipinski definition) is 3. The molecule has 0 aliphatic carbocycles. The third-order valence-corrected chi connectivity index (χ3v) is 1.99. The number of halogens is 1. The molecule has 4 nitrogen and oxygen atoms in total. The van der Waals surface area contributed by atoms with Crippen molar-refractivity contribution < 1.29 is 9.90 Å². The maximum absolute atomic E-state index is 11.2. The molecule has 1 unspecified atom stereocenters. The number of amides is 1. The van der Waals surface area contributed by atoms with Crippen molar-refractivity contribution in [3.63, 3.8) is 0 Å². The van der Waals surface area contributed by atoms with E-state index in [0.29, 0.717) is 10.7 Å². The number of anilines is 1. The van der Waals surface area contributed by atoms with Gasteiger partial charge in [0, 0.05) is 6.54 Å². The second-order valence-electron chi connectivity index (χ2n) is 2.72. The maximum atomic E-state index is 11.2. The first-order chi connectivity index (χ1) is 6.65. The zero-order valence-corrected chi connectivity index (χ0v) is 8.16. The van der Waals surface area contributed by atoms with Crippen molar-refractivity contribution in [1.29, 1.82) is 0 Å². The molecule has 0 saturated carbocycles. The van der Waals surface area contributed by atoms with Crippen molar-refractivity contribution >= 4 is 23.2 Å². The van der Waals surface area contributed by atoms with E-state index in [9.17, 15) is 4.79 Å². The van der Waals surface area contributed by atoms with Crippen molar-refractivity contribution in [3.8, 4) is 0 Å². The van der Waals surface area contributed by atoms with Crippen LogP contribution in [0.25, 0.3) is 0 Å². The van der Waals surface area contributed by atoms with E-state index in [1.807, 2.05) is 0 Å². The fourth-order valence-electron chi connectivity index (χ4n) is 0.886. The van der Waals surface area contributed by atoms with E-state index < -0.39 is 12.0 Å². The van der Waals surface area contributed by atoms with Crippen LogP contribution in [0.4, 0.5) is 5.69 Å². The molecule has 0 saturated heterocycles. The molecule has 4 N–H and O–H groups in total. The summed E-state index contributed by atoms with van der Waals surface area (Å²) in [6.45, 7) is -0.115. The number of aliphatic hydroxyl groups is 1. The van der Waals surface area contributed by atoms with E-state index in [1.165, 1.54) is 0 Å². The minimum absolute atomic E-state index is 0.115. The lowest BCUT2D eigenvalue weighted by Crippen LogP contribution is -2.34. The second-order valence-corrected chi connectivity index (χ2v) is 3.13. The zero-order chi connectivity index (χ0) is 10.6. The topological polar surface area (TPSA) is 75.3 Å². The first-order valence-electron chi connectivity index (χ1n) is 4.08. The third kappa shape index (κ3) is 2.70. The van der Waals surface area contributed by atoms with Crippen LogP contribution in [0, 0.1) is 0 Å². The average Bonchev–Trinajstić information content (AvgIpc) is 2.20. The monoisotopic (exact) mass is 214 g/mol. The van der Waals surface area contributed by atoms with Crippen LogP contribution in [0.5, 0.6) is 0 Å². The lowest BCUT2D eigenvalue weighted by molar-refractivity contribution is -0.123. The van der Waals surface area contributed by atoms with Crippen molar-refractivity contribution in [2.75, 3.05) is 11.9 Å². The zero-order valence-electron chi connectivity index (χ0n) is 7.40. The Labute approximate surface area is 86.7 Å². The molecule has 76 valence electrons. The van der Waals surface area contributed by atoms with Crippen molar-refractivity contribution in [1.82, 2.24) is 0 Å². The average molecular weight is 215 g/mol. The van der Waals surface area contributed by atoms with Crippen molar-refractivity contribution in [2.24, 2.45) is 5.73 Å². The van der Waals surface area contributed by atoms with Gasteiger partial charge in [0.15, 0.2) is 0 Å². The van der Waals surface area contributed by atoms with Gasteiger partial charge in [-0.25, -0.2) is 0 Å². The number of benzene rings is 1. The van der Waals surface area contributed by atoms with Gasteiger partial charge in [-0.3, -0.25) is 4.79 Å². The first-order valence-corrected chi connectivity index (χ1v) is 4.46. The first kappa shape index (κ1) is 11.0. The lowest BCUT2D eigenvalue weighted by atomic mass is 10.3. The highest BCUT2D eigenvalue weighted by Crippen LogP contribution is 2.20. The number of nitrogens with one attached hydrogen (secondary N) is 1. The summed E-state index contributed by atoms with van der Waals surface area (Å²) in [7, 11) is 0.